The Balaban J connectivity index is 4.54. The van der Waals surface area contributed by atoms with Gasteiger partial charge in [0.2, 0.25) is 0 Å². The lowest BCUT2D eigenvalue weighted by atomic mass is 10.1. The smallest absolute Gasteiger partial charge is 0.373 e. The largest absolute Gasteiger partial charge is 0.561 e. The minimum Gasteiger partial charge on any atom is -0.373 e. The fraction of sp³-hybridized carbons (Fsp3) is 1.00. The Morgan fingerprint density at radius 2 is 1.29 bits per heavy atom. The zero-order valence-electron chi connectivity index (χ0n) is 15.4. The second kappa shape index (κ2) is 10.7. The van der Waals surface area contributed by atoms with Crippen LogP contribution < -0.4 is 0 Å². The summed E-state index contributed by atoms with van der Waals surface area (Å²) in [6.07, 6.45) is 8.98. The molecule has 1 unspecified atom stereocenters. The molecule has 4 nitrogen and oxygen atoms in total. The summed E-state index contributed by atoms with van der Waals surface area (Å²) in [5.74, 6) is 0. The van der Waals surface area contributed by atoms with E-state index in [4.69, 9.17) is 13.3 Å². The molecule has 21 heavy (non-hydrogen) atoms. The molecule has 0 aromatic heterocycles. The van der Waals surface area contributed by atoms with Crippen LogP contribution in [0.4, 0.5) is 0 Å². The van der Waals surface area contributed by atoms with E-state index in [-0.39, 0.29) is 5.67 Å². The summed E-state index contributed by atoms with van der Waals surface area (Å²) < 4.78 is 18.1. The fourth-order valence-electron chi connectivity index (χ4n) is 3.29. The highest BCUT2D eigenvalue weighted by Gasteiger charge is 2.55. The van der Waals surface area contributed by atoms with Gasteiger partial charge in [0, 0.05) is 27.8 Å². The van der Waals surface area contributed by atoms with Crippen molar-refractivity contribution in [3.63, 3.8) is 0 Å². The molecule has 0 amide bonds. The van der Waals surface area contributed by atoms with Gasteiger partial charge in [0.25, 0.3) is 0 Å². The third-order valence-corrected chi connectivity index (χ3v) is 8.21. The van der Waals surface area contributed by atoms with Crippen LogP contribution in [0, 0.1) is 0 Å². The maximum atomic E-state index is 5.71. The molecule has 0 aromatic rings. The van der Waals surface area contributed by atoms with Gasteiger partial charge < -0.3 is 17.8 Å². The molecule has 0 heterocycles. The summed E-state index contributed by atoms with van der Waals surface area (Å²) >= 11 is 0. The number of unbranched alkanes of at least 4 members (excludes halogenated alkanes) is 5. The van der Waals surface area contributed by atoms with Gasteiger partial charge in [-0.05, 0) is 12.8 Å². The van der Waals surface area contributed by atoms with Crippen molar-refractivity contribution >= 4 is 8.80 Å². The van der Waals surface area contributed by atoms with E-state index >= 15 is 0 Å². The van der Waals surface area contributed by atoms with E-state index in [9.17, 15) is 0 Å². The Bertz CT molecular complexity index is 250. The van der Waals surface area contributed by atoms with Crippen LogP contribution in [0.1, 0.15) is 58.8 Å². The average Bonchev–Trinajstić information content (AvgIpc) is 2.48. The maximum Gasteiger partial charge on any atom is 0.561 e. The van der Waals surface area contributed by atoms with Crippen molar-refractivity contribution < 1.29 is 17.8 Å². The zero-order valence-corrected chi connectivity index (χ0v) is 16.4. The highest BCUT2D eigenvalue weighted by molar-refractivity contribution is 6.62. The van der Waals surface area contributed by atoms with Crippen molar-refractivity contribution in [3.05, 3.63) is 0 Å². The standard InChI is InChI=1S/C16H38NO3Si/c1-8-10-11-12-13-14-15-17(3,4)16(9-2)21(18-5,19-6)20-7/h16H,8-15H2,1-7H3/q+1. The van der Waals surface area contributed by atoms with Gasteiger partial charge in [-0.25, -0.2) is 0 Å². The molecule has 0 saturated carbocycles. The Labute approximate surface area is 133 Å². The Kier molecular flexibility index (Phi) is 10.8. The molecule has 5 heteroatoms. The van der Waals surface area contributed by atoms with Crippen molar-refractivity contribution in [2.24, 2.45) is 0 Å². The first kappa shape index (κ1) is 21.1. The van der Waals surface area contributed by atoms with Crippen molar-refractivity contribution in [1.29, 1.82) is 0 Å². The van der Waals surface area contributed by atoms with E-state index < -0.39 is 8.80 Å². The fourth-order valence-corrected chi connectivity index (χ4v) is 6.09. The van der Waals surface area contributed by atoms with Gasteiger partial charge in [0.15, 0.2) is 5.67 Å². The Morgan fingerprint density at radius 1 is 0.810 bits per heavy atom. The summed E-state index contributed by atoms with van der Waals surface area (Å²) in [6.45, 7) is 5.61. The van der Waals surface area contributed by atoms with Gasteiger partial charge in [0.1, 0.15) is 0 Å². The molecule has 0 bridgehead atoms. The van der Waals surface area contributed by atoms with Crippen LogP contribution >= 0.6 is 0 Å². The normalized spacial score (nSPS) is 14.4. The average molecular weight is 321 g/mol. The topological polar surface area (TPSA) is 27.7 Å². The van der Waals surface area contributed by atoms with Gasteiger partial charge in [-0.15, -0.1) is 0 Å². The maximum absolute atomic E-state index is 5.71. The summed E-state index contributed by atoms with van der Waals surface area (Å²) in [4.78, 5) is 0. The summed E-state index contributed by atoms with van der Waals surface area (Å²) in [5.41, 5.74) is 0.285. The third-order valence-electron chi connectivity index (χ3n) is 4.58. The number of nitrogens with zero attached hydrogens (tertiary/aromatic N) is 1. The van der Waals surface area contributed by atoms with E-state index in [0.717, 1.165) is 17.4 Å². The number of hydrogen-bond acceptors (Lipinski definition) is 3. The Morgan fingerprint density at radius 3 is 1.71 bits per heavy atom. The van der Waals surface area contributed by atoms with Crippen molar-refractivity contribution in [2.75, 3.05) is 42.0 Å². The van der Waals surface area contributed by atoms with E-state index in [2.05, 4.69) is 27.9 Å². The number of rotatable bonds is 13. The lowest BCUT2D eigenvalue weighted by Crippen LogP contribution is -2.67. The van der Waals surface area contributed by atoms with Gasteiger partial charge in [-0.3, -0.25) is 0 Å². The van der Waals surface area contributed by atoms with Crippen LogP contribution in [0.25, 0.3) is 0 Å². The number of quaternary nitrogens is 1. The summed E-state index contributed by atoms with van der Waals surface area (Å²) in [6, 6.07) is 0. The van der Waals surface area contributed by atoms with Crippen LogP contribution in [0.5, 0.6) is 0 Å². The highest BCUT2D eigenvalue weighted by Crippen LogP contribution is 2.25. The van der Waals surface area contributed by atoms with Crippen LogP contribution in [-0.4, -0.2) is 60.9 Å². The predicted molar refractivity (Wildman–Crippen MR) is 91.2 cm³/mol. The molecule has 128 valence electrons. The molecule has 0 spiro atoms. The molecule has 0 aliphatic carbocycles. The molecule has 0 radical (unpaired) electrons. The van der Waals surface area contributed by atoms with Crippen LogP contribution in [0.15, 0.2) is 0 Å². The van der Waals surface area contributed by atoms with Crippen LogP contribution in [0.3, 0.4) is 0 Å². The highest BCUT2D eigenvalue weighted by atomic mass is 28.4. The molecule has 1 atom stereocenters. The van der Waals surface area contributed by atoms with E-state index in [1.807, 2.05) is 0 Å². The first-order valence-corrected chi connectivity index (χ1v) is 10.2. The Hall–Kier alpha value is 0.0569. The summed E-state index contributed by atoms with van der Waals surface area (Å²) in [7, 11) is 7.11. The minimum atomic E-state index is -2.59. The van der Waals surface area contributed by atoms with Crippen molar-refractivity contribution in [3.8, 4) is 0 Å². The van der Waals surface area contributed by atoms with E-state index in [0.29, 0.717) is 0 Å². The second-order valence-electron chi connectivity index (χ2n) is 6.41. The third kappa shape index (κ3) is 6.36. The molecule has 0 saturated heterocycles. The number of hydrogen-bond donors (Lipinski definition) is 0. The van der Waals surface area contributed by atoms with E-state index in [1.54, 1.807) is 21.3 Å². The zero-order chi connectivity index (χ0) is 16.4. The van der Waals surface area contributed by atoms with Crippen LogP contribution in [-0.2, 0) is 13.3 Å². The van der Waals surface area contributed by atoms with Gasteiger partial charge in [-0.2, -0.15) is 0 Å². The second-order valence-corrected chi connectivity index (χ2v) is 9.51. The quantitative estimate of drug-likeness (QED) is 0.295. The molecule has 0 aromatic carbocycles. The first-order valence-electron chi connectivity index (χ1n) is 8.42. The van der Waals surface area contributed by atoms with E-state index in [1.165, 1.54) is 38.5 Å². The van der Waals surface area contributed by atoms with Crippen LogP contribution in [0.2, 0.25) is 0 Å². The monoisotopic (exact) mass is 320 g/mol. The molecule has 0 aliphatic rings. The van der Waals surface area contributed by atoms with Crippen molar-refractivity contribution in [2.45, 2.75) is 64.5 Å². The van der Waals surface area contributed by atoms with Crippen molar-refractivity contribution in [1.82, 2.24) is 0 Å². The molecule has 0 aliphatic heterocycles. The molecular formula is C16H38NO3Si+. The molecule has 0 fully saturated rings. The van der Waals surface area contributed by atoms with Gasteiger partial charge in [0.05, 0.1) is 20.6 Å². The molecule has 0 N–H and O–H groups in total. The lowest BCUT2D eigenvalue weighted by Gasteiger charge is -2.43. The SMILES string of the molecule is CCCCCCCC[N+](C)(C)C(CC)[Si](OC)(OC)OC. The molecule has 0 rings (SSSR count). The summed E-state index contributed by atoms with van der Waals surface area (Å²) in [5, 5.41) is 0. The van der Waals surface area contributed by atoms with Gasteiger partial charge in [-0.1, -0.05) is 39.5 Å². The lowest BCUT2D eigenvalue weighted by molar-refractivity contribution is -0.906. The minimum absolute atomic E-state index is 0.285. The van der Waals surface area contributed by atoms with Gasteiger partial charge >= 0.3 is 8.80 Å². The predicted octanol–water partition coefficient (Wildman–Crippen LogP) is 3.62. The first-order chi connectivity index (χ1) is 9.94. The molecular weight excluding hydrogens is 282 g/mol.